The average molecular weight is 484 g/mol. The van der Waals surface area contributed by atoms with Crippen molar-refractivity contribution in [3.8, 4) is 22.5 Å². The van der Waals surface area contributed by atoms with Gasteiger partial charge in [0.25, 0.3) is 5.56 Å². The number of aromatic amines is 1. The van der Waals surface area contributed by atoms with Gasteiger partial charge in [-0.1, -0.05) is 48.0 Å². The Morgan fingerprint density at radius 3 is 2.66 bits per heavy atom. The largest absolute Gasteiger partial charge is 0.392 e. The van der Waals surface area contributed by atoms with Crippen LogP contribution in [0.3, 0.4) is 0 Å². The van der Waals surface area contributed by atoms with Gasteiger partial charge in [-0.15, -0.1) is 0 Å². The Morgan fingerprint density at radius 1 is 1.03 bits per heavy atom. The number of aliphatic hydroxyl groups is 1. The number of aromatic nitrogens is 4. The summed E-state index contributed by atoms with van der Waals surface area (Å²) in [6, 6.07) is 19.3. The number of halogens is 1. The van der Waals surface area contributed by atoms with Gasteiger partial charge in [-0.3, -0.25) is 14.7 Å². The van der Waals surface area contributed by atoms with Gasteiger partial charge in [0.05, 0.1) is 28.0 Å². The van der Waals surface area contributed by atoms with Gasteiger partial charge in [-0.2, -0.15) is 0 Å². The van der Waals surface area contributed by atoms with Crippen LogP contribution in [0.2, 0.25) is 5.02 Å². The van der Waals surface area contributed by atoms with E-state index in [0.29, 0.717) is 52.6 Å². The highest BCUT2D eigenvalue weighted by Crippen LogP contribution is 2.34. The maximum absolute atomic E-state index is 12.9. The second kappa shape index (κ2) is 8.85. The molecule has 0 saturated carbocycles. The van der Waals surface area contributed by atoms with Crippen molar-refractivity contribution < 1.29 is 5.11 Å². The lowest BCUT2D eigenvalue weighted by atomic mass is 10.0. The molecule has 1 aliphatic rings. The lowest BCUT2D eigenvalue weighted by Gasteiger charge is -2.15. The van der Waals surface area contributed by atoms with E-state index in [1.165, 1.54) is 0 Å². The van der Waals surface area contributed by atoms with Gasteiger partial charge in [0, 0.05) is 47.9 Å². The third-order valence-electron chi connectivity index (χ3n) is 6.38. The number of aliphatic hydroxyl groups excluding tert-OH is 1. The monoisotopic (exact) mass is 483 g/mol. The number of hydrogen-bond donors (Lipinski definition) is 2. The number of pyridine rings is 2. The lowest BCUT2D eigenvalue weighted by Crippen LogP contribution is -2.26. The average Bonchev–Trinajstić information content (AvgIpc) is 3.29. The summed E-state index contributed by atoms with van der Waals surface area (Å²) in [6.07, 6.45) is 2.09. The molecular formula is C27H22ClN5O2. The predicted molar refractivity (Wildman–Crippen MR) is 137 cm³/mol. The highest BCUT2D eigenvalue weighted by molar-refractivity contribution is 6.35. The Bertz CT molecular complexity index is 1620. The lowest BCUT2D eigenvalue weighted by molar-refractivity contribution is 0.174. The smallest absolute Gasteiger partial charge is 0.254 e. The summed E-state index contributed by atoms with van der Waals surface area (Å²) in [4.78, 5) is 32.1. The number of fused-ring (bicyclic) bond motifs is 2. The van der Waals surface area contributed by atoms with Crippen LogP contribution in [0.25, 0.3) is 44.6 Å². The summed E-state index contributed by atoms with van der Waals surface area (Å²) in [5.74, 6) is 0. The summed E-state index contributed by atoms with van der Waals surface area (Å²) in [5, 5.41) is 11.3. The van der Waals surface area contributed by atoms with E-state index in [9.17, 15) is 9.90 Å². The fourth-order valence-corrected chi connectivity index (χ4v) is 4.93. The Kier molecular flexibility index (Phi) is 5.53. The van der Waals surface area contributed by atoms with Gasteiger partial charge < -0.3 is 10.1 Å². The molecule has 0 spiro atoms. The zero-order valence-electron chi connectivity index (χ0n) is 18.8. The second-order valence-electron chi connectivity index (χ2n) is 8.86. The number of hydrogen-bond acceptors (Lipinski definition) is 6. The number of H-pyrrole nitrogens is 1. The first-order valence-corrected chi connectivity index (χ1v) is 11.9. The van der Waals surface area contributed by atoms with E-state index >= 15 is 0 Å². The fourth-order valence-electron chi connectivity index (χ4n) is 4.66. The van der Waals surface area contributed by atoms with Crippen LogP contribution >= 0.6 is 11.6 Å². The summed E-state index contributed by atoms with van der Waals surface area (Å²) in [5.41, 5.74) is 5.18. The minimum atomic E-state index is -0.346. The first-order chi connectivity index (χ1) is 17.0. The first-order valence-electron chi connectivity index (χ1n) is 11.5. The summed E-state index contributed by atoms with van der Waals surface area (Å²) < 4.78 is 0. The van der Waals surface area contributed by atoms with E-state index in [1.54, 1.807) is 12.3 Å². The molecule has 1 atom stereocenters. The van der Waals surface area contributed by atoms with Crippen LogP contribution in [0.15, 0.2) is 71.7 Å². The van der Waals surface area contributed by atoms with E-state index in [1.807, 2.05) is 54.6 Å². The molecule has 4 heterocycles. The molecule has 7 nitrogen and oxygen atoms in total. The third-order valence-corrected chi connectivity index (χ3v) is 6.67. The highest BCUT2D eigenvalue weighted by Gasteiger charge is 2.22. The molecule has 1 aliphatic heterocycles. The molecule has 0 radical (unpaired) electrons. The van der Waals surface area contributed by atoms with E-state index in [0.717, 1.165) is 28.6 Å². The van der Waals surface area contributed by atoms with Crippen LogP contribution in [-0.4, -0.2) is 49.1 Å². The van der Waals surface area contributed by atoms with Crippen molar-refractivity contribution in [1.29, 1.82) is 0 Å². The molecule has 3 aromatic heterocycles. The molecular weight excluding hydrogens is 462 g/mol. The normalized spacial score (nSPS) is 16.3. The molecule has 174 valence electrons. The van der Waals surface area contributed by atoms with E-state index < -0.39 is 0 Å². The Morgan fingerprint density at radius 2 is 1.86 bits per heavy atom. The van der Waals surface area contributed by atoms with E-state index in [-0.39, 0.29) is 11.7 Å². The molecule has 6 rings (SSSR count). The molecule has 0 bridgehead atoms. The molecule has 35 heavy (non-hydrogen) atoms. The van der Waals surface area contributed by atoms with Crippen LogP contribution in [0, 0.1) is 0 Å². The summed E-state index contributed by atoms with van der Waals surface area (Å²) in [6.45, 7) is 1.77. The van der Waals surface area contributed by atoms with Crippen molar-refractivity contribution in [2.45, 2.75) is 19.1 Å². The molecule has 2 aromatic carbocycles. The van der Waals surface area contributed by atoms with Gasteiger partial charge in [0.2, 0.25) is 0 Å². The number of β-amino-alcohol motifs (C(OH)–C–C–N with tert-alkyl or cyclic N) is 1. The molecule has 1 unspecified atom stereocenters. The molecule has 0 amide bonds. The standard InChI is InChI=1S/C27H22ClN5O2/c28-21-12-18(11-17-7-4-9-29-23(17)21)25-24(16-5-2-1-3-6-16)31-26-22(30-25)13-19(27(35)32-26)14-33-10-8-20(34)15-33/h1-7,9,11-13,20,34H,8,10,14-15H2,(H,31,32,35). The van der Waals surface area contributed by atoms with Crippen LogP contribution in [0.1, 0.15) is 12.0 Å². The van der Waals surface area contributed by atoms with Crippen LogP contribution in [0.5, 0.6) is 0 Å². The number of nitrogens with zero attached hydrogens (tertiary/aromatic N) is 4. The number of rotatable bonds is 4. The Labute approximate surface area is 206 Å². The SMILES string of the molecule is O=c1[nH]c2nc(-c3ccccc3)c(-c3cc(Cl)c4ncccc4c3)nc2cc1CN1CCC(O)C1. The van der Waals surface area contributed by atoms with Gasteiger partial charge in [0.15, 0.2) is 5.65 Å². The van der Waals surface area contributed by atoms with E-state index in [2.05, 4.69) is 14.9 Å². The molecule has 5 aromatic rings. The summed E-state index contributed by atoms with van der Waals surface area (Å²) in [7, 11) is 0. The minimum Gasteiger partial charge on any atom is -0.392 e. The van der Waals surface area contributed by atoms with E-state index in [4.69, 9.17) is 21.6 Å². The number of likely N-dealkylation sites (tertiary alicyclic amines) is 1. The second-order valence-corrected chi connectivity index (χ2v) is 9.26. The van der Waals surface area contributed by atoms with Crippen molar-refractivity contribution >= 4 is 33.7 Å². The molecule has 1 fully saturated rings. The van der Waals surface area contributed by atoms with Gasteiger partial charge in [-0.25, -0.2) is 9.97 Å². The molecule has 1 saturated heterocycles. The van der Waals surface area contributed by atoms with Gasteiger partial charge in [-0.05, 0) is 30.7 Å². The highest BCUT2D eigenvalue weighted by atomic mass is 35.5. The maximum Gasteiger partial charge on any atom is 0.254 e. The van der Waals surface area contributed by atoms with Crippen molar-refractivity contribution in [3.05, 3.63) is 87.8 Å². The first kappa shape index (κ1) is 21.9. The van der Waals surface area contributed by atoms with Gasteiger partial charge in [0.1, 0.15) is 5.52 Å². The minimum absolute atomic E-state index is 0.195. The zero-order valence-corrected chi connectivity index (χ0v) is 19.5. The third kappa shape index (κ3) is 4.18. The predicted octanol–water partition coefficient (Wildman–Crippen LogP) is 4.42. The molecule has 8 heteroatoms. The van der Waals surface area contributed by atoms with Crippen LogP contribution < -0.4 is 5.56 Å². The topological polar surface area (TPSA) is 95.0 Å². The van der Waals surface area contributed by atoms with Crippen molar-refractivity contribution in [2.75, 3.05) is 13.1 Å². The molecule has 2 N–H and O–H groups in total. The van der Waals surface area contributed by atoms with Gasteiger partial charge >= 0.3 is 0 Å². The van der Waals surface area contributed by atoms with Crippen molar-refractivity contribution in [2.24, 2.45) is 0 Å². The van der Waals surface area contributed by atoms with Crippen molar-refractivity contribution in [3.63, 3.8) is 0 Å². The zero-order chi connectivity index (χ0) is 23.9. The molecule has 0 aliphatic carbocycles. The fraction of sp³-hybridized carbons (Fsp3) is 0.185. The van der Waals surface area contributed by atoms with Crippen molar-refractivity contribution in [1.82, 2.24) is 24.8 Å². The maximum atomic E-state index is 12.9. The number of nitrogens with one attached hydrogen (secondary N) is 1. The van der Waals surface area contributed by atoms with Crippen LogP contribution in [0.4, 0.5) is 0 Å². The van der Waals surface area contributed by atoms with Crippen LogP contribution in [-0.2, 0) is 6.54 Å². The summed E-state index contributed by atoms with van der Waals surface area (Å²) >= 11 is 6.60. The quantitative estimate of drug-likeness (QED) is 0.393. The Hall–Kier alpha value is -3.65. The number of benzene rings is 2. The Balaban J connectivity index is 1.55.